The first-order chi connectivity index (χ1) is 54.6. The van der Waals surface area contributed by atoms with Crippen LogP contribution in [0.2, 0.25) is 0 Å². The Morgan fingerprint density at radius 3 is 0.739 bits per heavy atom. The Labute approximate surface area is 677 Å². The van der Waals surface area contributed by atoms with Gasteiger partial charge in [-0.25, -0.2) is 61.6 Å². The average Bonchev–Trinajstić information content (AvgIpc) is 1.69. The lowest BCUT2D eigenvalue weighted by atomic mass is 10.0. The summed E-state index contributed by atoms with van der Waals surface area (Å²) in [5.74, 6) is -1.35. The highest BCUT2D eigenvalue weighted by Crippen LogP contribution is 2.34. The molecule has 12 aliphatic rings. The number of nitrogens with one attached hydrogen (secondary N) is 9. The fourth-order valence-corrected chi connectivity index (χ4v) is 15.3. The van der Waals surface area contributed by atoms with Crippen LogP contribution in [0, 0.1) is 0 Å². The van der Waals surface area contributed by atoms with Crippen molar-refractivity contribution in [3.8, 4) is 0 Å². The van der Waals surface area contributed by atoms with Crippen molar-refractivity contribution in [3.05, 3.63) is 0 Å². The lowest BCUT2D eigenvalue weighted by Crippen LogP contribution is -2.50. The van der Waals surface area contributed by atoms with E-state index in [0.29, 0.717) is 130 Å². The third kappa shape index (κ3) is 25.3. The molecular weight excluding hydrogens is 1500 g/mol. The van der Waals surface area contributed by atoms with Gasteiger partial charge < -0.3 is 89.4 Å². The van der Waals surface area contributed by atoms with Crippen molar-refractivity contribution in [2.75, 3.05) is 204 Å². The predicted octanol–water partition coefficient (Wildman–Crippen LogP) is -2.51. The molecule has 12 bridgehead atoms. The molecule has 42 heteroatoms. The number of urea groups is 6. The van der Waals surface area contributed by atoms with E-state index in [1.807, 2.05) is 80.0 Å². The zero-order valence-electron chi connectivity index (χ0n) is 71.0. The first kappa shape index (κ1) is 94.1. The molecule has 42 nitrogen and oxygen atoms in total. The second-order valence-electron chi connectivity index (χ2n) is 32.2. The molecule has 0 saturated carbocycles. The van der Waals surface area contributed by atoms with Gasteiger partial charge in [-0.15, -0.1) is 0 Å². The van der Waals surface area contributed by atoms with Gasteiger partial charge in [-0.2, -0.15) is 0 Å². The van der Waals surface area contributed by atoms with Crippen LogP contribution in [0.4, 0.5) is 28.8 Å². The molecule has 0 aromatic rings. The molecule has 0 unspecified atom stereocenters. The molecule has 9 N–H and O–H groups in total. The van der Waals surface area contributed by atoms with Crippen LogP contribution >= 0.6 is 0 Å². The second kappa shape index (κ2) is 45.1. The number of hydrogen-bond donors (Lipinski definition) is 9. The number of carbonyl (C=O) groups excluding carboxylic acids is 12. The molecule has 0 aliphatic carbocycles. The fourth-order valence-electron chi connectivity index (χ4n) is 15.3. The number of rotatable bonds is 31. The van der Waals surface area contributed by atoms with E-state index in [-0.39, 0.29) is 120 Å². The lowest BCUT2D eigenvalue weighted by molar-refractivity contribution is -0.139. The van der Waals surface area contributed by atoms with Crippen LogP contribution in [0.15, 0.2) is 0 Å². The van der Waals surface area contributed by atoms with Gasteiger partial charge in [0.15, 0.2) is 0 Å². The predicted molar refractivity (Wildman–Crippen MR) is 420 cm³/mol. The molecule has 18 amide bonds. The second-order valence-corrected chi connectivity index (χ2v) is 32.2. The summed E-state index contributed by atoms with van der Waals surface area (Å²) in [5.41, 5.74) is 14.7. The summed E-state index contributed by atoms with van der Waals surface area (Å²) >= 11 is 0. The molecule has 0 radical (unpaired) electrons. The van der Waals surface area contributed by atoms with Gasteiger partial charge in [0, 0.05) is 126 Å². The summed E-state index contributed by atoms with van der Waals surface area (Å²) in [7, 11) is 26.0. The standard InChI is InChI=1S/C14H26N4O3.4C12H22N4O3.C11H20N4O3/c1-10(2)16(3)7-8-21-15-13(19)12-6-5-11-9-18(12)14(20)17(11)4;2*1-8(13-2)7-19-14-11(17)10-5-4-9-6-16(10)12(18)15(9)3;2*1-14(2)6-7-19-13-11(17)10-5-4-9-8-16(10)12(18)15(9)3;1-12-5-6-18-13-10(16)9-4-3-8-7-15(9)11(17)14(8)2/h10-12H,5-9H2,1-4H3,(H,15,19);2*8-10,13H,4-7H2,1-3H3,(H,14,17);2*9-10H,4-8H2,1-3H3,(H,13,17);8-9,12H,3-7H2,1-2H3,(H,13,16)/t11-,12+;8-,9+,10-;8-,9-,10+;2*9-,10+;8-,9+/m101111/s1. The maximum atomic E-state index is 12.2. The number of likely N-dealkylation sites (N-methyl/N-ethyl adjacent to an activating group) is 12. The van der Waals surface area contributed by atoms with Crippen LogP contribution in [-0.4, -0.2) is 440 Å². The molecule has 0 aromatic carbocycles. The minimum Gasteiger partial charge on any atom is -0.323 e. The molecule has 12 saturated heterocycles. The van der Waals surface area contributed by atoms with Gasteiger partial charge >= 0.3 is 36.2 Å². The van der Waals surface area contributed by atoms with Crippen molar-refractivity contribution < 1.29 is 86.6 Å². The molecule has 0 aromatic heterocycles. The Hall–Kier alpha value is -8.04. The van der Waals surface area contributed by atoms with Crippen LogP contribution < -0.4 is 48.8 Å². The van der Waals surface area contributed by atoms with Gasteiger partial charge in [0.25, 0.3) is 35.4 Å². The summed E-state index contributed by atoms with van der Waals surface area (Å²) in [6.45, 7) is 17.3. The van der Waals surface area contributed by atoms with E-state index in [9.17, 15) is 57.5 Å². The average molecular weight is 1640 g/mol. The van der Waals surface area contributed by atoms with E-state index >= 15 is 0 Å². The number of amides is 18. The van der Waals surface area contributed by atoms with Crippen molar-refractivity contribution in [1.82, 2.24) is 122 Å². The van der Waals surface area contributed by atoms with E-state index in [0.717, 1.165) is 58.2 Å². The Balaban J connectivity index is 0.000000191. The van der Waals surface area contributed by atoms with Crippen LogP contribution in [0.5, 0.6) is 0 Å². The summed E-state index contributed by atoms with van der Waals surface area (Å²) in [6, 6.07) is -0.471. The third-order valence-corrected chi connectivity index (χ3v) is 23.6. The Kier molecular flexibility index (Phi) is 36.9. The van der Waals surface area contributed by atoms with E-state index in [1.165, 1.54) is 0 Å². The highest BCUT2D eigenvalue weighted by Gasteiger charge is 2.51. The maximum absolute atomic E-state index is 12.2. The largest absolute Gasteiger partial charge is 0.323 e. The zero-order chi connectivity index (χ0) is 84.7. The van der Waals surface area contributed by atoms with Crippen molar-refractivity contribution in [2.24, 2.45) is 0 Å². The summed E-state index contributed by atoms with van der Waals surface area (Å²) < 4.78 is 0. The first-order valence-electron chi connectivity index (χ1n) is 40.3. The molecule has 0 spiro atoms. The van der Waals surface area contributed by atoms with Crippen molar-refractivity contribution in [2.45, 2.75) is 195 Å². The van der Waals surface area contributed by atoms with Gasteiger partial charge in [-0.3, -0.25) is 57.8 Å². The third-order valence-electron chi connectivity index (χ3n) is 23.6. The Bertz CT molecular complexity index is 3110. The summed E-state index contributed by atoms with van der Waals surface area (Å²) in [5, 5.41) is 8.93. The van der Waals surface area contributed by atoms with Gasteiger partial charge in [0.05, 0.1) is 75.9 Å². The van der Waals surface area contributed by atoms with Gasteiger partial charge in [0.2, 0.25) is 0 Å². The van der Waals surface area contributed by atoms with Gasteiger partial charge in [0.1, 0.15) is 36.3 Å². The Morgan fingerprint density at radius 2 is 0.539 bits per heavy atom. The molecule has 654 valence electrons. The Morgan fingerprint density at radius 1 is 0.330 bits per heavy atom. The molecule has 12 fully saturated rings. The van der Waals surface area contributed by atoms with E-state index < -0.39 is 36.3 Å². The normalized spacial score (nSPS) is 26.6. The number of piperidine rings is 6. The fraction of sp³-hybridized carbons (Fsp3) is 0.836. The summed E-state index contributed by atoms with van der Waals surface area (Å²) in [6.07, 6.45) is 9.38. The highest BCUT2D eigenvalue weighted by molar-refractivity contribution is 5.92. The lowest BCUT2D eigenvalue weighted by Gasteiger charge is -2.29. The topological polar surface area (TPSA) is 417 Å². The molecule has 115 heavy (non-hydrogen) atoms. The highest BCUT2D eigenvalue weighted by atomic mass is 16.7. The number of hydroxylamine groups is 6. The number of carbonyl (C=O) groups is 12. The van der Waals surface area contributed by atoms with Crippen LogP contribution in [0.25, 0.3) is 0 Å². The number of hydrogen-bond acceptors (Lipinski definition) is 24. The van der Waals surface area contributed by atoms with E-state index in [4.69, 9.17) is 29.0 Å². The molecule has 14 atom stereocenters. The molecule has 12 aliphatic heterocycles. The zero-order valence-corrected chi connectivity index (χ0v) is 71.0. The minimum atomic E-state index is -0.404. The van der Waals surface area contributed by atoms with Gasteiger partial charge in [-0.1, -0.05) is 0 Å². The van der Waals surface area contributed by atoms with Crippen molar-refractivity contribution in [3.63, 3.8) is 0 Å². The van der Waals surface area contributed by atoms with E-state index in [2.05, 4.69) is 67.6 Å². The smallest absolute Gasteiger partial charge is 0.320 e. The minimum absolute atomic E-state index is 0.0582. The van der Waals surface area contributed by atoms with Crippen molar-refractivity contribution >= 4 is 71.6 Å². The summed E-state index contributed by atoms with van der Waals surface area (Å²) in [4.78, 5) is 201. The SMILES string of the molecule is CC(C)N(C)CCONC(=O)[C@@H]1CC[C@@H]2CN1C(=O)N2C.CN(C)CCONC(=O)[C@@H]1CC[C@@H]2CN1C(=O)N2C.CN(C)CCONC(=O)[C@@H]1CC[C@@H]2CN1C(=O)N2C.CNCCONC(=O)[C@@H]1CC[C@@H]2CN1C(=O)N2C.CN[C@@H](C)CONC(=O)[C@@H]1CC[C@@H]2CN1C(=O)N2C.CN[C@H](C)CONC(=O)[C@@H]1CC[C@@H]2CN1C(=O)N2C. The van der Waals surface area contributed by atoms with Crippen LogP contribution in [0.3, 0.4) is 0 Å². The monoisotopic (exact) mass is 1640 g/mol. The van der Waals surface area contributed by atoms with Gasteiger partial charge in [-0.05, 0) is 161 Å². The molecular formula is C73H134N24O18. The van der Waals surface area contributed by atoms with Crippen molar-refractivity contribution in [1.29, 1.82) is 0 Å². The first-order valence-corrected chi connectivity index (χ1v) is 40.3. The van der Waals surface area contributed by atoms with Crippen LogP contribution in [-0.2, 0) is 57.8 Å². The van der Waals surface area contributed by atoms with Crippen LogP contribution in [0.1, 0.15) is 105 Å². The maximum Gasteiger partial charge on any atom is 0.320 e. The molecule has 12 heterocycles. The quantitative estimate of drug-likeness (QED) is 0.0256. The van der Waals surface area contributed by atoms with E-state index in [1.54, 1.807) is 101 Å². The number of fused-ring (bicyclic) bond motifs is 12. The molecule has 12 rings (SSSR count). The number of nitrogens with zero attached hydrogens (tertiary/aromatic N) is 15.